The Morgan fingerprint density at radius 2 is 2.00 bits per heavy atom. The topological polar surface area (TPSA) is 84.2 Å². The highest BCUT2D eigenvalue weighted by molar-refractivity contribution is 6.06. The molecule has 0 aliphatic carbocycles. The zero-order valence-electron chi connectivity index (χ0n) is 5.30. The first-order chi connectivity index (χ1) is 4.02. The Morgan fingerprint density at radius 1 is 1.50 bits per heavy atom. The molecule has 6 heteroatoms. The minimum absolute atomic E-state index is 0. The molecule has 5 nitrogen and oxygen atoms in total. The molecule has 10 heavy (non-hydrogen) atoms. The number of nitrogens with two attached hydrogens (primary N) is 1. The van der Waals surface area contributed by atoms with E-state index in [9.17, 15) is 9.59 Å². The molecule has 1 atom stereocenters. The van der Waals surface area contributed by atoms with Crippen LogP contribution >= 0.6 is 12.4 Å². The van der Waals surface area contributed by atoms with Crippen molar-refractivity contribution >= 4 is 24.3 Å². The van der Waals surface area contributed by atoms with E-state index in [1.54, 1.807) is 0 Å². The molecule has 0 aromatic carbocycles. The Bertz CT molecular complexity index is 179. The van der Waals surface area contributed by atoms with Crippen molar-refractivity contribution in [3.05, 3.63) is 0 Å². The number of nitrogens with one attached hydrogen (secondary N) is 2. The van der Waals surface area contributed by atoms with Gasteiger partial charge in [0.15, 0.2) is 5.66 Å². The Hall–Kier alpha value is -0.810. The van der Waals surface area contributed by atoms with Crippen molar-refractivity contribution < 1.29 is 9.59 Å². The number of carbonyl (C=O) groups excluding carboxylic acids is 2. The van der Waals surface area contributed by atoms with Crippen LogP contribution in [0.1, 0.15) is 6.92 Å². The average molecular weight is 166 g/mol. The first-order valence-corrected chi connectivity index (χ1v) is 2.45. The van der Waals surface area contributed by atoms with Gasteiger partial charge in [-0.05, 0) is 6.92 Å². The molecule has 1 unspecified atom stereocenters. The van der Waals surface area contributed by atoms with Crippen LogP contribution in [-0.2, 0) is 4.79 Å². The molecule has 1 aliphatic heterocycles. The van der Waals surface area contributed by atoms with E-state index in [2.05, 4.69) is 5.32 Å². The van der Waals surface area contributed by atoms with E-state index in [1.165, 1.54) is 6.92 Å². The molecular formula is C4H8ClN3O2. The van der Waals surface area contributed by atoms with Crippen LogP contribution in [0.4, 0.5) is 4.79 Å². The van der Waals surface area contributed by atoms with Gasteiger partial charge in [-0.3, -0.25) is 10.1 Å². The Labute approximate surface area is 63.7 Å². The minimum Gasteiger partial charge on any atom is -0.312 e. The third-order valence-electron chi connectivity index (χ3n) is 1.07. The summed E-state index contributed by atoms with van der Waals surface area (Å²) in [5, 5.41) is 4.21. The maximum atomic E-state index is 10.6. The van der Waals surface area contributed by atoms with Crippen LogP contribution in [0.2, 0.25) is 0 Å². The Balaban J connectivity index is 0.000000810. The molecule has 4 N–H and O–H groups in total. The number of urea groups is 1. The summed E-state index contributed by atoms with van der Waals surface area (Å²) in [5.74, 6) is -0.493. The van der Waals surface area contributed by atoms with Crippen LogP contribution < -0.4 is 16.4 Å². The van der Waals surface area contributed by atoms with E-state index >= 15 is 0 Å². The molecule has 3 amide bonds. The molecule has 1 aliphatic rings. The van der Waals surface area contributed by atoms with Crippen LogP contribution in [0.5, 0.6) is 0 Å². The number of hydrogen-bond donors (Lipinski definition) is 3. The lowest BCUT2D eigenvalue weighted by Crippen LogP contribution is -2.52. The van der Waals surface area contributed by atoms with Gasteiger partial charge in [0.25, 0.3) is 5.91 Å². The lowest BCUT2D eigenvalue weighted by Gasteiger charge is -2.11. The van der Waals surface area contributed by atoms with Gasteiger partial charge in [0, 0.05) is 0 Å². The van der Waals surface area contributed by atoms with Crippen molar-refractivity contribution in [1.29, 1.82) is 0 Å². The number of hydrogen-bond acceptors (Lipinski definition) is 3. The molecule has 0 spiro atoms. The fourth-order valence-corrected chi connectivity index (χ4v) is 0.557. The normalized spacial score (nSPS) is 30.6. The second kappa shape index (κ2) is 2.43. The van der Waals surface area contributed by atoms with E-state index in [1.807, 2.05) is 5.32 Å². The highest BCUT2D eigenvalue weighted by atomic mass is 35.5. The zero-order chi connectivity index (χ0) is 7.07. The summed E-state index contributed by atoms with van der Waals surface area (Å²) in [6.45, 7) is 1.42. The van der Waals surface area contributed by atoms with Gasteiger partial charge in [-0.25, -0.2) is 4.79 Å². The number of imide groups is 1. The maximum absolute atomic E-state index is 10.6. The van der Waals surface area contributed by atoms with Crippen LogP contribution in [0.3, 0.4) is 0 Å². The zero-order valence-corrected chi connectivity index (χ0v) is 6.12. The summed E-state index contributed by atoms with van der Waals surface area (Å²) in [6.07, 6.45) is 0. The number of amides is 3. The van der Waals surface area contributed by atoms with Crippen molar-refractivity contribution in [2.45, 2.75) is 12.6 Å². The fourth-order valence-electron chi connectivity index (χ4n) is 0.557. The summed E-state index contributed by atoms with van der Waals surface area (Å²) in [7, 11) is 0. The minimum atomic E-state index is -1.23. The smallest absolute Gasteiger partial charge is 0.312 e. The molecule has 1 heterocycles. The van der Waals surface area contributed by atoms with Crippen molar-refractivity contribution in [3.8, 4) is 0 Å². The molecule has 0 radical (unpaired) electrons. The van der Waals surface area contributed by atoms with E-state index < -0.39 is 17.6 Å². The monoisotopic (exact) mass is 165 g/mol. The maximum Gasteiger partial charge on any atom is 0.323 e. The Morgan fingerprint density at radius 3 is 2.10 bits per heavy atom. The van der Waals surface area contributed by atoms with Gasteiger partial charge in [0.2, 0.25) is 0 Å². The summed E-state index contributed by atoms with van der Waals surface area (Å²) < 4.78 is 0. The summed E-state index contributed by atoms with van der Waals surface area (Å²) in [4.78, 5) is 20.9. The van der Waals surface area contributed by atoms with Crippen LogP contribution in [0, 0.1) is 0 Å². The molecule has 0 aromatic rings. The predicted octanol–water partition coefficient (Wildman–Crippen LogP) is -1.08. The van der Waals surface area contributed by atoms with Crippen molar-refractivity contribution in [1.82, 2.24) is 10.6 Å². The van der Waals surface area contributed by atoms with E-state index in [0.717, 1.165) is 0 Å². The van der Waals surface area contributed by atoms with Gasteiger partial charge in [0.05, 0.1) is 0 Å². The van der Waals surface area contributed by atoms with Gasteiger partial charge in [-0.2, -0.15) is 0 Å². The second-order valence-electron chi connectivity index (χ2n) is 2.11. The second-order valence-corrected chi connectivity index (χ2v) is 2.11. The molecule has 0 bridgehead atoms. The van der Waals surface area contributed by atoms with Gasteiger partial charge in [-0.1, -0.05) is 0 Å². The molecular weight excluding hydrogens is 158 g/mol. The first kappa shape index (κ1) is 9.19. The Kier molecular flexibility index (Phi) is 2.24. The highest BCUT2D eigenvalue weighted by Gasteiger charge is 2.37. The molecule has 1 rings (SSSR count). The highest BCUT2D eigenvalue weighted by Crippen LogP contribution is 1.98. The first-order valence-electron chi connectivity index (χ1n) is 2.45. The van der Waals surface area contributed by atoms with Gasteiger partial charge in [-0.15, -0.1) is 12.4 Å². The number of carbonyl (C=O) groups is 2. The van der Waals surface area contributed by atoms with Gasteiger partial charge >= 0.3 is 6.03 Å². The molecule has 0 aromatic heterocycles. The van der Waals surface area contributed by atoms with E-state index in [0.29, 0.717) is 0 Å². The SMILES string of the molecule is CC1(N)NC(=O)NC1=O.Cl. The quantitative estimate of drug-likeness (QED) is 0.400. The number of halogens is 1. The van der Waals surface area contributed by atoms with Crippen LogP contribution in [0.15, 0.2) is 0 Å². The summed E-state index contributed by atoms with van der Waals surface area (Å²) in [5.41, 5.74) is 4.04. The largest absolute Gasteiger partial charge is 0.323 e. The standard InChI is InChI=1S/C4H7N3O2.ClH/c1-4(5)2(8)6-3(9)7-4;/h5H2,1H3,(H2,6,7,8,9);1H. The van der Waals surface area contributed by atoms with Gasteiger partial charge in [0.1, 0.15) is 0 Å². The summed E-state index contributed by atoms with van der Waals surface area (Å²) >= 11 is 0. The summed E-state index contributed by atoms with van der Waals surface area (Å²) in [6, 6.07) is -0.537. The molecule has 1 saturated heterocycles. The predicted molar refractivity (Wildman–Crippen MR) is 36.5 cm³/mol. The lowest BCUT2D eigenvalue weighted by molar-refractivity contribution is -0.123. The van der Waals surface area contributed by atoms with Crippen molar-refractivity contribution in [2.75, 3.05) is 0 Å². The van der Waals surface area contributed by atoms with Crippen LogP contribution in [0.25, 0.3) is 0 Å². The van der Waals surface area contributed by atoms with Crippen molar-refractivity contribution in [2.24, 2.45) is 5.73 Å². The fraction of sp³-hybridized carbons (Fsp3) is 0.500. The number of rotatable bonds is 0. The third-order valence-corrected chi connectivity index (χ3v) is 1.07. The van der Waals surface area contributed by atoms with Crippen LogP contribution in [-0.4, -0.2) is 17.6 Å². The lowest BCUT2D eigenvalue weighted by atomic mass is 10.2. The third kappa shape index (κ3) is 1.37. The molecule has 1 fully saturated rings. The molecule has 0 saturated carbocycles. The van der Waals surface area contributed by atoms with Crippen molar-refractivity contribution in [3.63, 3.8) is 0 Å². The van der Waals surface area contributed by atoms with E-state index in [-0.39, 0.29) is 12.4 Å². The van der Waals surface area contributed by atoms with Gasteiger partial charge < -0.3 is 11.1 Å². The van der Waals surface area contributed by atoms with E-state index in [4.69, 9.17) is 5.73 Å². The average Bonchev–Trinajstić information content (AvgIpc) is 1.79. The molecule has 58 valence electrons.